The Morgan fingerprint density at radius 1 is 1.62 bits per heavy atom. The van der Waals surface area contributed by atoms with Crippen molar-refractivity contribution in [2.45, 2.75) is 0 Å². The molecule has 0 aliphatic rings. The van der Waals surface area contributed by atoms with Gasteiger partial charge in [0.15, 0.2) is 5.82 Å². The number of rotatable bonds is 2. The molecule has 0 aliphatic heterocycles. The largest absolute Gasteiger partial charge is 0.283 e. The van der Waals surface area contributed by atoms with Crippen LogP contribution in [-0.4, -0.2) is 36.0 Å². The average Bonchev–Trinajstić information content (AvgIpc) is 2.72. The van der Waals surface area contributed by atoms with E-state index < -0.39 is 0 Å². The maximum absolute atomic E-state index is 11.6. The number of hydrogen-bond donors (Lipinski definition) is 1. The molecular formula is C6H6N6O. The van der Waals surface area contributed by atoms with Crippen molar-refractivity contribution in [2.24, 2.45) is 7.05 Å². The van der Waals surface area contributed by atoms with Gasteiger partial charge in [0.1, 0.15) is 12.0 Å². The van der Waals surface area contributed by atoms with Crippen molar-refractivity contribution in [3.8, 4) is 0 Å². The van der Waals surface area contributed by atoms with Crippen molar-refractivity contribution in [3.63, 3.8) is 0 Å². The fraction of sp³-hybridized carbons (Fsp3) is 0.167. The normalized spacial score (nSPS) is 10.2. The molecule has 0 fully saturated rings. The highest BCUT2D eigenvalue weighted by Gasteiger charge is 2.15. The van der Waals surface area contributed by atoms with Crippen LogP contribution in [0.5, 0.6) is 0 Å². The first-order valence-electron chi connectivity index (χ1n) is 3.54. The minimum Gasteiger partial charge on any atom is -0.283 e. The van der Waals surface area contributed by atoms with Crippen molar-refractivity contribution in [2.75, 3.05) is 0 Å². The van der Waals surface area contributed by atoms with E-state index in [0.717, 1.165) is 0 Å². The number of nitrogens with one attached hydrogen (secondary N) is 1. The average molecular weight is 178 g/mol. The quantitative estimate of drug-likeness (QED) is 0.606. The Labute approximate surface area is 72.8 Å². The van der Waals surface area contributed by atoms with E-state index in [1.165, 1.54) is 17.2 Å². The van der Waals surface area contributed by atoms with Gasteiger partial charge in [0, 0.05) is 7.05 Å². The number of nitrogens with zero attached hydrogens (tertiary/aromatic N) is 5. The van der Waals surface area contributed by atoms with Gasteiger partial charge in [0.2, 0.25) is 5.78 Å². The zero-order chi connectivity index (χ0) is 9.26. The topological polar surface area (TPSA) is 89.3 Å². The van der Waals surface area contributed by atoms with Gasteiger partial charge in [0.05, 0.1) is 6.20 Å². The highest BCUT2D eigenvalue weighted by atomic mass is 16.1. The molecule has 0 aromatic carbocycles. The summed E-state index contributed by atoms with van der Waals surface area (Å²) in [5, 5.41) is 13.3. The molecule has 66 valence electrons. The molecule has 2 heterocycles. The number of hydrogen-bond acceptors (Lipinski definition) is 5. The molecule has 0 radical (unpaired) electrons. The SMILES string of the molecule is Cn1nncc1C(=O)c1ncn[nH]1. The predicted octanol–water partition coefficient (Wildman–Crippen LogP) is -0.836. The maximum atomic E-state index is 11.6. The van der Waals surface area contributed by atoms with Crippen LogP contribution in [0.3, 0.4) is 0 Å². The van der Waals surface area contributed by atoms with Crippen LogP contribution in [0.4, 0.5) is 0 Å². The Morgan fingerprint density at radius 2 is 2.46 bits per heavy atom. The van der Waals surface area contributed by atoms with E-state index in [-0.39, 0.29) is 11.6 Å². The molecule has 0 saturated carbocycles. The lowest BCUT2D eigenvalue weighted by molar-refractivity contribution is 0.102. The van der Waals surface area contributed by atoms with Crippen LogP contribution in [0.1, 0.15) is 16.3 Å². The van der Waals surface area contributed by atoms with Gasteiger partial charge < -0.3 is 0 Å². The second kappa shape index (κ2) is 2.77. The first kappa shape index (κ1) is 7.59. The maximum Gasteiger partial charge on any atom is 0.249 e. The third-order valence-electron chi connectivity index (χ3n) is 1.58. The van der Waals surface area contributed by atoms with Gasteiger partial charge in [-0.15, -0.1) is 5.10 Å². The first-order chi connectivity index (χ1) is 6.29. The van der Waals surface area contributed by atoms with Crippen LogP contribution in [0, 0.1) is 0 Å². The number of carbonyl (C=O) groups is 1. The summed E-state index contributed by atoms with van der Waals surface area (Å²) in [5.41, 5.74) is 0.372. The Morgan fingerprint density at radius 3 is 3.00 bits per heavy atom. The lowest BCUT2D eigenvalue weighted by Gasteiger charge is -1.94. The second-order valence-electron chi connectivity index (χ2n) is 2.41. The molecule has 0 bridgehead atoms. The zero-order valence-electron chi connectivity index (χ0n) is 6.80. The van der Waals surface area contributed by atoms with E-state index in [2.05, 4.69) is 25.5 Å². The van der Waals surface area contributed by atoms with Gasteiger partial charge in [-0.1, -0.05) is 5.21 Å². The lowest BCUT2D eigenvalue weighted by atomic mass is 10.3. The molecule has 7 nitrogen and oxygen atoms in total. The summed E-state index contributed by atoms with van der Waals surface area (Å²) in [5.74, 6) is -0.0876. The zero-order valence-corrected chi connectivity index (χ0v) is 6.80. The van der Waals surface area contributed by atoms with Crippen LogP contribution in [0.2, 0.25) is 0 Å². The Hall–Kier alpha value is -2.05. The molecule has 7 heteroatoms. The molecule has 0 unspecified atom stereocenters. The number of aromatic nitrogens is 6. The molecule has 0 spiro atoms. The minimum atomic E-state index is -0.273. The summed E-state index contributed by atoms with van der Waals surface area (Å²) in [6.45, 7) is 0. The fourth-order valence-corrected chi connectivity index (χ4v) is 0.931. The van der Waals surface area contributed by atoms with Crippen molar-refractivity contribution in [1.82, 2.24) is 30.2 Å². The van der Waals surface area contributed by atoms with E-state index in [0.29, 0.717) is 5.69 Å². The summed E-state index contributed by atoms with van der Waals surface area (Å²) in [7, 11) is 1.64. The van der Waals surface area contributed by atoms with E-state index >= 15 is 0 Å². The molecule has 0 aliphatic carbocycles. The molecule has 1 N–H and O–H groups in total. The van der Waals surface area contributed by atoms with E-state index in [1.54, 1.807) is 7.05 Å². The minimum absolute atomic E-state index is 0.186. The monoisotopic (exact) mass is 178 g/mol. The molecule has 2 rings (SSSR count). The summed E-state index contributed by atoms with van der Waals surface area (Å²) in [4.78, 5) is 15.3. The first-order valence-corrected chi connectivity index (χ1v) is 3.54. The van der Waals surface area contributed by atoms with E-state index in [4.69, 9.17) is 0 Å². The van der Waals surface area contributed by atoms with Gasteiger partial charge in [-0.05, 0) is 0 Å². The number of aromatic amines is 1. The van der Waals surface area contributed by atoms with E-state index in [9.17, 15) is 4.79 Å². The highest BCUT2D eigenvalue weighted by Crippen LogP contribution is 2.00. The van der Waals surface area contributed by atoms with Crippen molar-refractivity contribution in [3.05, 3.63) is 24.0 Å². The Balaban J connectivity index is 2.39. The van der Waals surface area contributed by atoms with Gasteiger partial charge >= 0.3 is 0 Å². The third-order valence-corrected chi connectivity index (χ3v) is 1.58. The molecule has 0 saturated heterocycles. The number of H-pyrrole nitrogens is 1. The predicted molar refractivity (Wildman–Crippen MR) is 40.8 cm³/mol. The van der Waals surface area contributed by atoms with Gasteiger partial charge in [0.25, 0.3) is 0 Å². The third kappa shape index (κ3) is 1.19. The molecule has 13 heavy (non-hydrogen) atoms. The number of aryl methyl sites for hydroxylation is 1. The summed E-state index contributed by atoms with van der Waals surface area (Å²) in [6.07, 6.45) is 2.65. The molecule has 2 aromatic heterocycles. The van der Waals surface area contributed by atoms with E-state index in [1.807, 2.05) is 0 Å². The van der Waals surface area contributed by atoms with Crippen molar-refractivity contribution >= 4 is 5.78 Å². The van der Waals surface area contributed by atoms with Crippen LogP contribution in [-0.2, 0) is 7.05 Å². The summed E-state index contributed by atoms with van der Waals surface area (Å²) >= 11 is 0. The standard InChI is InChI=1S/C6H6N6O/c1-12-4(2-8-11-12)5(13)6-7-3-9-10-6/h2-3H,1H3,(H,7,9,10). The Bertz CT molecular complexity index is 416. The second-order valence-corrected chi connectivity index (χ2v) is 2.41. The molecule has 0 atom stereocenters. The van der Waals surface area contributed by atoms with Crippen molar-refractivity contribution in [1.29, 1.82) is 0 Å². The molecule has 0 amide bonds. The fourth-order valence-electron chi connectivity index (χ4n) is 0.931. The summed E-state index contributed by atoms with van der Waals surface area (Å²) in [6, 6.07) is 0. The van der Waals surface area contributed by atoms with Crippen LogP contribution in [0.25, 0.3) is 0 Å². The van der Waals surface area contributed by atoms with Gasteiger partial charge in [-0.2, -0.15) is 5.10 Å². The van der Waals surface area contributed by atoms with Gasteiger partial charge in [-0.25, -0.2) is 9.67 Å². The Kier molecular flexibility index (Phi) is 1.62. The number of carbonyl (C=O) groups excluding carboxylic acids is 1. The highest BCUT2D eigenvalue weighted by molar-refractivity contribution is 6.04. The summed E-state index contributed by atoms with van der Waals surface area (Å²) < 4.78 is 1.38. The molecular weight excluding hydrogens is 172 g/mol. The smallest absolute Gasteiger partial charge is 0.249 e. The lowest BCUT2D eigenvalue weighted by Crippen LogP contribution is -2.09. The van der Waals surface area contributed by atoms with Crippen LogP contribution < -0.4 is 0 Å². The van der Waals surface area contributed by atoms with Crippen LogP contribution in [0.15, 0.2) is 12.5 Å². The van der Waals surface area contributed by atoms with Gasteiger partial charge in [-0.3, -0.25) is 9.89 Å². The van der Waals surface area contributed by atoms with Crippen LogP contribution >= 0.6 is 0 Å². The van der Waals surface area contributed by atoms with Crippen molar-refractivity contribution < 1.29 is 4.79 Å². The molecule has 2 aromatic rings. The number of ketones is 1.